The lowest BCUT2D eigenvalue weighted by Gasteiger charge is -2.09. The molecule has 124 valence electrons. The zero-order valence-electron chi connectivity index (χ0n) is 13.4. The molecular formula is C18H23NO4. The zero-order chi connectivity index (χ0) is 16.3. The fourth-order valence-electron chi connectivity index (χ4n) is 1.99. The van der Waals surface area contributed by atoms with Gasteiger partial charge in [-0.25, -0.2) is 0 Å². The first-order chi connectivity index (χ1) is 11.3. The third-order valence-electron chi connectivity index (χ3n) is 3.23. The molecule has 0 unspecified atom stereocenters. The molecule has 0 aliphatic heterocycles. The van der Waals surface area contributed by atoms with E-state index in [1.54, 1.807) is 30.5 Å². The van der Waals surface area contributed by atoms with E-state index in [0.29, 0.717) is 24.7 Å². The Labute approximate surface area is 136 Å². The van der Waals surface area contributed by atoms with E-state index in [0.717, 1.165) is 18.6 Å². The van der Waals surface area contributed by atoms with Crippen molar-refractivity contribution < 1.29 is 18.7 Å². The molecule has 0 fully saturated rings. The highest BCUT2D eigenvalue weighted by Crippen LogP contribution is 2.19. The fraction of sp³-hybridized carbons (Fsp3) is 0.389. The summed E-state index contributed by atoms with van der Waals surface area (Å²) in [5.41, 5.74) is 0. The third-order valence-corrected chi connectivity index (χ3v) is 3.23. The van der Waals surface area contributed by atoms with Crippen molar-refractivity contribution in [3.05, 3.63) is 48.4 Å². The minimum atomic E-state index is -0.198. The Morgan fingerprint density at radius 2 is 1.96 bits per heavy atom. The number of hydrogen-bond donors (Lipinski definition) is 1. The number of nitrogens with one attached hydrogen (secondary N) is 1. The largest absolute Gasteiger partial charge is 0.493 e. The van der Waals surface area contributed by atoms with Crippen LogP contribution in [0, 0.1) is 0 Å². The highest BCUT2D eigenvalue weighted by molar-refractivity contribution is 5.77. The van der Waals surface area contributed by atoms with Crippen LogP contribution < -0.4 is 14.8 Å². The first kappa shape index (κ1) is 16.9. The van der Waals surface area contributed by atoms with Gasteiger partial charge in [0.25, 0.3) is 5.91 Å². The van der Waals surface area contributed by atoms with Crippen LogP contribution in [0.15, 0.2) is 47.1 Å². The Kier molecular flexibility index (Phi) is 7.04. The number of unbranched alkanes of at least 4 members (excludes halogenated alkanes) is 2. The molecule has 0 spiro atoms. The van der Waals surface area contributed by atoms with Gasteiger partial charge in [0, 0.05) is 6.07 Å². The Bertz CT molecular complexity index is 580. The van der Waals surface area contributed by atoms with Gasteiger partial charge in [-0.05, 0) is 30.7 Å². The molecule has 0 saturated carbocycles. The van der Waals surface area contributed by atoms with E-state index in [4.69, 9.17) is 13.9 Å². The van der Waals surface area contributed by atoms with Crippen LogP contribution in [0.1, 0.15) is 31.9 Å². The SMILES string of the molecule is CCCCCOc1cccc(OCC(=O)NCc2ccco2)c1. The average molecular weight is 317 g/mol. The Morgan fingerprint density at radius 3 is 2.70 bits per heavy atom. The van der Waals surface area contributed by atoms with Crippen LogP contribution >= 0.6 is 0 Å². The van der Waals surface area contributed by atoms with E-state index < -0.39 is 0 Å². The quantitative estimate of drug-likeness (QED) is 0.681. The summed E-state index contributed by atoms with van der Waals surface area (Å²) in [6.07, 6.45) is 4.94. The number of amides is 1. The average Bonchev–Trinajstić information content (AvgIpc) is 3.09. The van der Waals surface area contributed by atoms with E-state index in [-0.39, 0.29) is 12.5 Å². The second kappa shape index (κ2) is 9.56. The second-order valence-corrected chi connectivity index (χ2v) is 5.18. The smallest absolute Gasteiger partial charge is 0.258 e. The maximum absolute atomic E-state index is 11.7. The van der Waals surface area contributed by atoms with Crippen LogP contribution in [0.4, 0.5) is 0 Å². The predicted molar refractivity (Wildman–Crippen MR) is 87.5 cm³/mol. The minimum absolute atomic E-state index is 0.0417. The van der Waals surface area contributed by atoms with Crippen molar-refractivity contribution in [3.63, 3.8) is 0 Å². The van der Waals surface area contributed by atoms with Gasteiger partial charge >= 0.3 is 0 Å². The molecular weight excluding hydrogens is 294 g/mol. The lowest BCUT2D eigenvalue weighted by atomic mass is 10.3. The first-order valence-corrected chi connectivity index (χ1v) is 7.92. The van der Waals surface area contributed by atoms with Crippen molar-refractivity contribution in [2.45, 2.75) is 32.7 Å². The Hall–Kier alpha value is -2.43. The van der Waals surface area contributed by atoms with Gasteiger partial charge in [0.1, 0.15) is 17.3 Å². The number of benzene rings is 1. The summed E-state index contributed by atoms with van der Waals surface area (Å²) in [4.78, 5) is 11.7. The molecule has 2 aromatic rings. The number of carbonyl (C=O) groups is 1. The molecule has 5 heteroatoms. The zero-order valence-corrected chi connectivity index (χ0v) is 13.4. The first-order valence-electron chi connectivity index (χ1n) is 7.92. The summed E-state index contributed by atoms with van der Waals surface area (Å²) in [6.45, 7) is 3.17. The van der Waals surface area contributed by atoms with Crippen LogP contribution in [0.2, 0.25) is 0 Å². The molecule has 2 rings (SSSR count). The van der Waals surface area contributed by atoms with Crippen LogP contribution in [-0.4, -0.2) is 19.1 Å². The molecule has 5 nitrogen and oxygen atoms in total. The van der Waals surface area contributed by atoms with E-state index in [1.165, 1.54) is 6.42 Å². The Balaban J connectivity index is 1.71. The van der Waals surface area contributed by atoms with Crippen molar-refractivity contribution >= 4 is 5.91 Å². The molecule has 23 heavy (non-hydrogen) atoms. The lowest BCUT2D eigenvalue weighted by molar-refractivity contribution is -0.123. The standard InChI is InChI=1S/C18H23NO4/c1-2-3-4-10-21-15-7-5-8-16(12-15)23-14-18(20)19-13-17-9-6-11-22-17/h5-9,11-12H,2-4,10,13-14H2,1H3,(H,19,20). The summed E-state index contributed by atoms with van der Waals surface area (Å²) in [6, 6.07) is 10.9. The normalized spacial score (nSPS) is 10.3. The molecule has 1 aromatic heterocycles. The van der Waals surface area contributed by atoms with E-state index >= 15 is 0 Å². The summed E-state index contributed by atoms with van der Waals surface area (Å²) in [5, 5.41) is 2.73. The van der Waals surface area contributed by atoms with Crippen molar-refractivity contribution in [1.29, 1.82) is 0 Å². The maximum atomic E-state index is 11.7. The van der Waals surface area contributed by atoms with Gasteiger partial charge in [-0.2, -0.15) is 0 Å². The monoisotopic (exact) mass is 317 g/mol. The predicted octanol–water partition coefficient (Wildman–Crippen LogP) is 3.54. The van der Waals surface area contributed by atoms with Gasteiger partial charge in [-0.15, -0.1) is 0 Å². The molecule has 0 saturated heterocycles. The van der Waals surface area contributed by atoms with Crippen molar-refractivity contribution in [2.24, 2.45) is 0 Å². The molecule has 0 aliphatic carbocycles. The molecule has 0 aliphatic rings. The summed E-state index contributed by atoms with van der Waals surface area (Å²) in [5.74, 6) is 1.89. The van der Waals surface area contributed by atoms with Gasteiger partial charge in [0.2, 0.25) is 0 Å². The highest BCUT2D eigenvalue weighted by Gasteiger charge is 2.05. The topological polar surface area (TPSA) is 60.7 Å². The summed E-state index contributed by atoms with van der Waals surface area (Å²) < 4.78 is 16.3. The van der Waals surface area contributed by atoms with Crippen molar-refractivity contribution in [1.82, 2.24) is 5.32 Å². The molecule has 1 N–H and O–H groups in total. The van der Waals surface area contributed by atoms with E-state index in [1.807, 2.05) is 12.1 Å². The van der Waals surface area contributed by atoms with E-state index in [2.05, 4.69) is 12.2 Å². The molecule has 0 atom stereocenters. The van der Waals surface area contributed by atoms with E-state index in [9.17, 15) is 4.79 Å². The maximum Gasteiger partial charge on any atom is 0.258 e. The van der Waals surface area contributed by atoms with Gasteiger partial charge in [-0.1, -0.05) is 25.8 Å². The highest BCUT2D eigenvalue weighted by atomic mass is 16.5. The summed E-state index contributed by atoms with van der Waals surface area (Å²) in [7, 11) is 0. The van der Waals surface area contributed by atoms with Crippen LogP contribution in [0.5, 0.6) is 11.5 Å². The lowest BCUT2D eigenvalue weighted by Crippen LogP contribution is -2.28. The molecule has 1 aromatic carbocycles. The minimum Gasteiger partial charge on any atom is -0.493 e. The van der Waals surface area contributed by atoms with Crippen LogP contribution in [0.3, 0.4) is 0 Å². The molecule has 1 amide bonds. The Morgan fingerprint density at radius 1 is 1.13 bits per heavy atom. The van der Waals surface area contributed by atoms with Crippen molar-refractivity contribution in [3.8, 4) is 11.5 Å². The number of ether oxygens (including phenoxy) is 2. The van der Waals surface area contributed by atoms with Crippen LogP contribution in [-0.2, 0) is 11.3 Å². The second-order valence-electron chi connectivity index (χ2n) is 5.18. The van der Waals surface area contributed by atoms with Crippen LogP contribution in [0.25, 0.3) is 0 Å². The van der Waals surface area contributed by atoms with Gasteiger partial charge < -0.3 is 19.2 Å². The number of rotatable bonds is 10. The molecule has 0 radical (unpaired) electrons. The number of carbonyl (C=O) groups excluding carboxylic acids is 1. The van der Waals surface area contributed by atoms with Gasteiger partial charge in [-0.3, -0.25) is 4.79 Å². The molecule has 0 bridgehead atoms. The molecule has 1 heterocycles. The number of furan rings is 1. The third kappa shape index (κ3) is 6.46. The van der Waals surface area contributed by atoms with Gasteiger partial charge in [0.05, 0.1) is 19.4 Å². The van der Waals surface area contributed by atoms with Gasteiger partial charge in [0.15, 0.2) is 6.61 Å². The summed E-state index contributed by atoms with van der Waals surface area (Å²) >= 11 is 0. The number of hydrogen-bond acceptors (Lipinski definition) is 4. The fourth-order valence-corrected chi connectivity index (χ4v) is 1.99. The van der Waals surface area contributed by atoms with Crippen molar-refractivity contribution in [2.75, 3.05) is 13.2 Å².